The Morgan fingerprint density at radius 1 is 1.56 bits per heavy atom. The Balaban J connectivity index is 0. The minimum atomic E-state index is -0.474. The van der Waals surface area contributed by atoms with E-state index < -0.39 is 4.92 Å². The Bertz CT molecular complexity index is 300. The van der Waals surface area contributed by atoms with Gasteiger partial charge in [-0.15, -0.1) is 0 Å². The molecule has 0 amide bonds. The molecule has 0 saturated carbocycles. The second kappa shape index (κ2) is 14.0. The molecular weight excluding hydrogens is 254 g/mol. The Morgan fingerprint density at radius 3 is 2.56 bits per heavy atom. The summed E-state index contributed by atoms with van der Waals surface area (Å²) in [7, 11) is 0. The minimum Gasteiger partial charge on any atom is -0.396 e. The van der Waals surface area contributed by atoms with E-state index in [-0.39, 0.29) is 12.3 Å². The van der Waals surface area contributed by atoms with E-state index in [0.717, 1.165) is 12.0 Å². The number of allylic oxidation sites excluding steroid dienone is 3. The Kier molecular flexibility index (Phi) is 14.9. The molecule has 5 nitrogen and oxygen atoms in total. The summed E-state index contributed by atoms with van der Waals surface area (Å²) in [6.07, 6.45) is 4.80. The van der Waals surface area contributed by atoms with Crippen LogP contribution in [0.15, 0.2) is 35.4 Å². The highest BCUT2D eigenvalue weighted by Crippen LogP contribution is 2.20. The summed E-state index contributed by atoms with van der Waals surface area (Å²) >= 11 is 1.01. The van der Waals surface area contributed by atoms with Gasteiger partial charge in [0.15, 0.2) is 0 Å². The summed E-state index contributed by atoms with van der Waals surface area (Å²) in [5.74, 6) is 0. The van der Waals surface area contributed by atoms with Gasteiger partial charge in [0.05, 0.1) is 11.5 Å². The standard InChI is InChI=1S/C10H15NO4S.C2H6/c1-3-9(11(13)14)8-10(4-2)16-15-7-5-6-12;1-2/h3-4,8,12H,2,5-7H2,1H3;1-2H3/b9-3+,10-8+;. The van der Waals surface area contributed by atoms with E-state index in [2.05, 4.69) is 6.58 Å². The van der Waals surface area contributed by atoms with Gasteiger partial charge in [-0.05, 0) is 19.4 Å². The SMILES string of the molecule is C=C/C(=C\C(=C/C)[N+](=O)[O-])SOCCCO.CC. The van der Waals surface area contributed by atoms with Crippen LogP contribution in [0.5, 0.6) is 0 Å². The normalized spacial score (nSPS) is 11.6. The van der Waals surface area contributed by atoms with E-state index in [4.69, 9.17) is 9.29 Å². The van der Waals surface area contributed by atoms with Gasteiger partial charge in [-0.3, -0.25) is 10.1 Å². The number of nitro groups is 1. The zero-order chi connectivity index (χ0) is 14.4. The number of hydrogen-bond acceptors (Lipinski definition) is 5. The molecule has 0 saturated heterocycles. The van der Waals surface area contributed by atoms with Crippen molar-refractivity contribution in [3.05, 3.63) is 45.5 Å². The molecule has 0 aliphatic carbocycles. The zero-order valence-electron chi connectivity index (χ0n) is 11.1. The number of nitrogens with zero attached hydrogens (tertiary/aromatic N) is 1. The van der Waals surface area contributed by atoms with Crippen molar-refractivity contribution < 1.29 is 14.2 Å². The van der Waals surface area contributed by atoms with Crippen LogP contribution in [-0.2, 0) is 4.18 Å². The van der Waals surface area contributed by atoms with E-state index in [1.165, 1.54) is 18.2 Å². The lowest BCUT2D eigenvalue weighted by molar-refractivity contribution is -0.419. The number of aliphatic hydroxyl groups excluding tert-OH is 1. The molecule has 0 aromatic heterocycles. The maximum atomic E-state index is 10.5. The number of rotatable bonds is 8. The van der Waals surface area contributed by atoms with Crippen molar-refractivity contribution in [1.82, 2.24) is 0 Å². The van der Waals surface area contributed by atoms with Crippen LogP contribution in [-0.4, -0.2) is 23.2 Å². The van der Waals surface area contributed by atoms with E-state index in [1.54, 1.807) is 6.92 Å². The summed E-state index contributed by atoms with van der Waals surface area (Å²) < 4.78 is 5.12. The number of aliphatic hydroxyl groups is 1. The summed E-state index contributed by atoms with van der Waals surface area (Å²) in [6.45, 7) is 9.57. The minimum absolute atomic E-state index is 0.00634. The van der Waals surface area contributed by atoms with E-state index in [1.807, 2.05) is 13.8 Å². The Morgan fingerprint density at radius 2 is 2.17 bits per heavy atom. The highest BCUT2D eigenvalue weighted by atomic mass is 32.2. The van der Waals surface area contributed by atoms with Crippen LogP contribution in [0.1, 0.15) is 27.2 Å². The van der Waals surface area contributed by atoms with Crippen LogP contribution < -0.4 is 0 Å². The molecule has 0 aliphatic heterocycles. The fourth-order valence-corrected chi connectivity index (χ4v) is 1.31. The Hall–Kier alpha value is -1.11. The average Bonchev–Trinajstić information content (AvgIpc) is 2.40. The van der Waals surface area contributed by atoms with Gasteiger partial charge in [0.25, 0.3) is 5.70 Å². The molecule has 0 fully saturated rings. The van der Waals surface area contributed by atoms with Crippen molar-refractivity contribution in [3.63, 3.8) is 0 Å². The van der Waals surface area contributed by atoms with Crippen LogP contribution in [0.4, 0.5) is 0 Å². The largest absolute Gasteiger partial charge is 0.396 e. The lowest BCUT2D eigenvalue weighted by Gasteiger charge is -2.01. The first-order valence-corrected chi connectivity index (χ1v) is 6.45. The van der Waals surface area contributed by atoms with Gasteiger partial charge in [0.2, 0.25) is 0 Å². The molecule has 0 aromatic carbocycles. The van der Waals surface area contributed by atoms with Gasteiger partial charge in [-0.25, -0.2) is 0 Å². The van der Waals surface area contributed by atoms with Crippen LogP contribution in [0, 0.1) is 10.1 Å². The van der Waals surface area contributed by atoms with Gasteiger partial charge in [0, 0.05) is 29.6 Å². The highest BCUT2D eigenvalue weighted by molar-refractivity contribution is 7.98. The van der Waals surface area contributed by atoms with Crippen molar-refractivity contribution in [1.29, 1.82) is 0 Å². The van der Waals surface area contributed by atoms with Crippen LogP contribution in [0.25, 0.3) is 0 Å². The molecule has 0 aliphatic rings. The molecule has 0 heterocycles. The third-order valence-corrected chi connectivity index (χ3v) is 2.30. The molecule has 6 heteroatoms. The summed E-state index contributed by atoms with van der Waals surface area (Å²) in [5, 5.41) is 19.1. The molecule has 0 unspecified atom stereocenters. The molecule has 0 rings (SSSR count). The molecule has 0 aromatic rings. The molecule has 104 valence electrons. The van der Waals surface area contributed by atoms with Gasteiger partial charge in [0.1, 0.15) is 0 Å². The highest BCUT2D eigenvalue weighted by Gasteiger charge is 2.06. The monoisotopic (exact) mass is 275 g/mol. The van der Waals surface area contributed by atoms with Gasteiger partial charge < -0.3 is 9.29 Å². The lowest BCUT2D eigenvalue weighted by Crippen LogP contribution is -1.96. The third-order valence-electron chi connectivity index (χ3n) is 1.54. The second-order valence-electron chi connectivity index (χ2n) is 2.70. The summed E-state index contributed by atoms with van der Waals surface area (Å²) in [4.78, 5) is 10.6. The van der Waals surface area contributed by atoms with Gasteiger partial charge >= 0.3 is 0 Å². The smallest absolute Gasteiger partial charge is 0.266 e. The van der Waals surface area contributed by atoms with Crippen LogP contribution in [0.2, 0.25) is 0 Å². The Labute approximate surface area is 113 Å². The average molecular weight is 275 g/mol. The predicted octanol–water partition coefficient (Wildman–Crippen LogP) is 3.31. The molecule has 0 spiro atoms. The topological polar surface area (TPSA) is 72.6 Å². The van der Waals surface area contributed by atoms with Crippen molar-refractivity contribution in [2.45, 2.75) is 27.2 Å². The first-order valence-electron chi connectivity index (χ1n) is 5.70. The molecule has 18 heavy (non-hydrogen) atoms. The lowest BCUT2D eigenvalue weighted by atomic mass is 10.3. The summed E-state index contributed by atoms with van der Waals surface area (Å²) in [5.41, 5.74) is -0.00634. The first-order chi connectivity index (χ1) is 8.65. The third kappa shape index (κ3) is 10.1. The first kappa shape index (κ1) is 19.2. The van der Waals surface area contributed by atoms with Gasteiger partial charge in [-0.2, -0.15) is 0 Å². The molecule has 0 atom stereocenters. The predicted molar refractivity (Wildman–Crippen MR) is 75.6 cm³/mol. The van der Waals surface area contributed by atoms with Crippen molar-refractivity contribution >= 4 is 12.0 Å². The van der Waals surface area contributed by atoms with Gasteiger partial charge in [-0.1, -0.05) is 26.5 Å². The quantitative estimate of drug-likeness (QED) is 0.242. The molecule has 0 radical (unpaired) electrons. The maximum Gasteiger partial charge on any atom is 0.266 e. The van der Waals surface area contributed by atoms with Crippen molar-refractivity contribution in [2.24, 2.45) is 0 Å². The van der Waals surface area contributed by atoms with E-state index >= 15 is 0 Å². The van der Waals surface area contributed by atoms with Crippen LogP contribution in [0.3, 0.4) is 0 Å². The second-order valence-corrected chi connectivity index (χ2v) is 3.58. The van der Waals surface area contributed by atoms with Crippen molar-refractivity contribution in [2.75, 3.05) is 13.2 Å². The molecular formula is C12H21NO4S. The molecule has 1 N–H and O–H groups in total. The number of hydrogen-bond donors (Lipinski definition) is 1. The van der Waals surface area contributed by atoms with Crippen molar-refractivity contribution in [3.8, 4) is 0 Å². The van der Waals surface area contributed by atoms with Crippen LogP contribution >= 0.6 is 12.0 Å². The fourth-order valence-electron chi connectivity index (χ4n) is 0.737. The van der Waals surface area contributed by atoms with E-state index in [9.17, 15) is 10.1 Å². The summed E-state index contributed by atoms with van der Waals surface area (Å²) in [6, 6.07) is 0. The van der Waals surface area contributed by atoms with E-state index in [0.29, 0.717) is 17.9 Å². The molecule has 0 bridgehead atoms. The zero-order valence-corrected chi connectivity index (χ0v) is 11.9. The fraction of sp³-hybridized carbons (Fsp3) is 0.500. The maximum absolute atomic E-state index is 10.5.